The molecule has 0 atom stereocenters. The maximum atomic E-state index is 5.96. The van der Waals surface area contributed by atoms with E-state index in [1.165, 1.54) is 5.56 Å². The Bertz CT molecular complexity index is 453. The fraction of sp³-hybridized carbons (Fsp3) is 0.300. The summed E-state index contributed by atoms with van der Waals surface area (Å²) in [6.07, 6.45) is 0. The van der Waals surface area contributed by atoms with Gasteiger partial charge >= 0.3 is 0 Å². The van der Waals surface area contributed by atoms with Crippen LogP contribution in [0.5, 0.6) is 0 Å². The van der Waals surface area contributed by atoms with Gasteiger partial charge in [-0.2, -0.15) is 11.3 Å². The second kappa shape index (κ2) is 5.36. The summed E-state index contributed by atoms with van der Waals surface area (Å²) >= 11 is 15.0. The zero-order valence-electron chi connectivity index (χ0n) is 8.61. The molecule has 0 saturated carbocycles. The standard InChI is InChI=1S/C10H10Cl2N2S2/c1-14(5-7-2-3-15-6-7)10-13-9(12)8(4-11)16-10/h2-3,6H,4-5H2,1H3. The molecule has 2 aromatic rings. The van der Waals surface area contributed by atoms with Crippen molar-refractivity contribution in [3.63, 3.8) is 0 Å². The van der Waals surface area contributed by atoms with Gasteiger partial charge in [0.2, 0.25) is 0 Å². The number of nitrogens with zero attached hydrogens (tertiary/aromatic N) is 2. The first-order valence-corrected chi connectivity index (χ1v) is 7.31. The number of hydrogen-bond acceptors (Lipinski definition) is 4. The Labute approximate surface area is 112 Å². The monoisotopic (exact) mass is 292 g/mol. The highest BCUT2D eigenvalue weighted by molar-refractivity contribution is 7.16. The van der Waals surface area contributed by atoms with Gasteiger partial charge in [-0.15, -0.1) is 11.6 Å². The maximum absolute atomic E-state index is 5.96. The van der Waals surface area contributed by atoms with Crippen molar-refractivity contribution in [2.45, 2.75) is 12.4 Å². The molecule has 2 aromatic heterocycles. The van der Waals surface area contributed by atoms with Crippen molar-refractivity contribution in [3.05, 3.63) is 32.4 Å². The fourth-order valence-corrected chi connectivity index (χ4v) is 3.38. The van der Waals surface area contributed by atoms with E-state index in [-0.39, 0.29) is 0 Å². The molecule has 2 rings (SSSR count). The van der Waals surface area contributed by atoms with Gasteiger partial charge in [0.25, 0.3) is 0 Å². The Hall–Kier alpha value is -0.290. The Kier molecular flexibility index (Phi) is 4.08. The second-order valence-electron chi connectivity index (χ2n) is 3.33. The van der Waals surface area contributed by atoms with Crippen LogP contribution in [0.2, 0.25) is 5.15 Å². The van der Waals surface area contributed by atoms with Gasteiger partial charge < -0.3 is 4.90 Å². The predicted molar refractivity (Wildman–Crippen MR) is 73.1 cm³/mol. The molecule has 0 spiro atoms. The number of thiazole rings is 1. The number of alkyl halides is 1. The quantitative estimate of drug-likeness (QED) is 0.784. The molecule has 0 aliphatic heterocycles. The molecular weight excluding hydrogens is 283 g/mol. The average molecular weight is 293 g/mol. The van der Waals surface area contributed by atoms with Crippen LogP contribution in [0, 0.1) is 0 Å². The van der Waals surface area contributed by atoms with Crippen molar-refractivity contribution >= 4 is 51.0 Å². The minimum Gasteiger partial charge on any atom is -0.347 e. The summed E-state index contributed by atoms with van der Waals surface area (Å²) in [5, 5.41) is 5.63. The van der Waals surface area contributed by atoms with Crippen LogP contribution in [0.15, 0.2) is 16.8 Å². The Morgan fingerprint density at radius 3 is 2.88 bits per heavy atom. The first-order valence-electron chi connectivity index (χ1n) is 4.64. The molecule has 0 aliphatic rings. The van der Waals surface area contributed by atoms with Crippen LogP contribution in [0.3, 0.4) is 0 Å². The maximum Gasteiger partial charge on any atom is 0.187 e. The highest BCUT2D eigenvalue weighted by atomic mass is 35.5. The number of aromatic nitrogens is 1. The van der Waals surface area contributed by atoms with Crippen molar-refractivity contribution < 1.29 is 0 Å². The molecule has 2 heterocycles. The van der Waals surface area contributed by atoms with E-state index < -0.39 is 0 Å². The highest BCUT2D eigenvalue weighted by Crippen LogP contribution is 2.30. The predicted octanol–water partition coefficient (Wildman–Crippen LogP) is 4.23. The molecule has 0 fully saturated rings. The van der Waals surface area contributed by atoms with E-state index in [2.05, 4.69) is 26.7 Å². The van der Waals surface area contributed by atoms with Gasteiger partial charge in [-0.3, -0.25) is 0 Å². The van der Waals surface area contributed by atoms with Crippen LogP contribution in [0.1, 0.15) is 10.4 Å². The van der Waals surface area contributed by atoms with Gasteiger partial charge in [-0.25, -0.2) is 4.98 Å². The molecule has 0 bridgehead atoms. The molecule has 0 aromatic carbocycles. The molecule has 16 heavy (non-hydrogen) atoms. The zero-order chi connectivity index (χ0) is 11.5. The molecule has 2 nitrogen and oxygen atoms in total. The molecule has 0 aliphatic carbocycles. The second-order valence-corrected chi connectivity index (χ2v) is 5.80. The van der Waals surface area contributed by atoms with E-state index in [1.807, 2.05) is 7.05 Å². The summed E-state index contributed by atoms with van der Waals surface area (Å²) in [5.74, 6) is 0.419. The SMILES string of the molecule is CN(Cc1ccsc1)c1nc(Cl)c(CCl)s1. The molecule has 0 N–H and O–H groups in total. The van der Waals surface area contributed by atoms with Gasteiger partial charge in [0.05, 0.1) is 10.8 Å². The highest BCUT2D eigenvalue weighted by Gasteiger charge is 2.12. The normalized spacial score (nSPS) is 10.7. The van der Waals surface area contributed by atoms with Crippen molar-refractivity contribution in [1.29, 1.82) is 0 Å². The number of hydrogen-bond donors (Lipinski definition) is 0. The minimum absolute atomic E-state index is 0.419. The van der Waals surface area contributed by atoms with Crippen molar-refractivity contribution in [2.75, 3.05) is 11.9 Å². The van der Waals surface area contributed by atoms with Gasteiger partial charge in [-0.1, -0.05) is 22.9 Å². The van der Waals surface area contributed by atoms with Gasteiger partial charge in [0, 0.05) is 13.6 Å². The number of thiophene rings is 1. The van der Waals surface area contributed by atoms with E-state index in [9.17, 15) is 0 Å². The van der Waals surface area contributed by atoms with Gasteiger partial charge in [0.15, 0.2) is 5.13 Å². The van der Waals surface area contributed by atoms with E-state index in [4.69, 9.17) is 23.2 Å². The Morgan fingerprint density at radius 1 is 1.50 bits per heavy atom. The smallest absolute Gasteiger partial charge is 0.187 e. The lowest BCUT2D eigenvalue weighted by Gasteiger charge is -2.14. The summed E-state index contributed by atoms with van der Waals surface area (Å²) in [5.41, 5.74) is 1.28. The van der Waals surface area contributed by atoms with Gasteiger partial charge in [-0.05, 0) is 22.4 Å². The van der Waals surface area contributed by atoms with E-state index >= 15 is 0 Å². The molecular formula is C10H10Cl2N2S2. The molecule has 0 amide bonds. The van der Waals surface area contributed by atoms with Crippen LogP contribution in [-0.4, -0.2) is 12.0 Å². The first kappa shape index (κ1) is 12.2. The fourth-order valence-electron chi connectivity index (χ4n) is 1.29. The van der Waals surface area contributed by atoms with E-state index in [1.54, 1.807) is 22.7 Å². The molecule has 0 saturated heterocycles. The van der Waals surface area contributed by atoms with Crippen LogP contribution in [-0.2, 0) is 12.4 Å². The minimum atomic E-state index is 0.419. The summed E-state index contributed by atoms with van der Waals surface area (Å²) in [6, 6.07) is 2.11. The number of rotatable bonds is 4. The third-order valence-electron chi connectivity index (χ3n) is 2.09. The number of anilines is 1. The van der Waals surface area contributed by atoms with E-state index in [0.29, 0.717) is 11.0 Å². The van der Waals surface area contributed by atoms with Crippen LogP contribution >= 0.6 is 45.9 Å². The molecule has 86 valence electrons. The third-order valence-corrected chi connectivity index (χ3v) is 4.84. The third kappa shape index (κ3) is 2.69. The molecule has 6 heteroatoms. The van der Waals surface area contributed by atoms with Crippen LogP contribution in [0.25, 0.3) is 0 Å². The van der Waals surface area contributed by atoms with Crippen LogP contribution < -0.4 is 4.90 Å². The zero-order valence-corrected chi connectivity index (χ0v) is 11.8. The van der Waals surface area contributed by atoms with Crippen LogP contribution in [0.4, 0.5) is 5.13 Å². The summed E-state index contributed by atoms with van der Waals surface area (Å²) < 4.78 is 0. The summed E-state index contributed by atoms with van der Waals surface area (Å²) in [4.78, 5) is 7.30. The van der Waals surface area contributed by atoms with Crippen molar-refractivity contribution in [1.82, 2.24) is 4.98 Å². The van der Waals surface area contributed by atoms with Gasteiger partial charge in [0.1, 0.15) is 5.15 Å². The van der Waals surface area contributed by atoms with Crippen molar-refractivity contribution in [3.8, 4) is 0 Å². The largest absolute Gasteiger partial charge is 0.347 e. The molecule has 0 radical (unpaired) electrons. The van der Waals surface area contributed by atoms with E-state index in [0.717, 1.165) is 16.6 Å². The topological polar surface area (TPSA) is 16.1 Å². The summed E-state index contributed by atoms with van der Waals surface area (Å²) in [6.45, 7) is 0.842. The van der Waals surface area contributed by atoms with Crippen molar-refractivity contribution in [2.24, 2.45) is 0 Å². The lowest BCUT2D eigenvalue weighted by Crippen LogP contribution is -2.15. The summed E-state index contributed by atoms with van der Waals surface area (Å²) in [7, 11) is 2.00. The lowest BCUT2D eigenvalue weighted by atomic mass is 10.3. The Morgan fingerprint density at radius 2 is 2.31 bits per heavy atom. The first-order chi connectivity index (χ1) is 7.70. The average Bonchev–Trinajstić information content (AvgIpc) is 2.87. The molecule has 0 unspecified atom stereocenters. The Balaban J connectivity index is 2.11. The number of halogens is 2. The lowest BCUT2D eigenvalue weighted by molar-refractivity contribution is 0.919.